The van der Waals surface area contributed by atoms with E-state index in [0.717, 1.165) is 41.5 Å². The van der Waals surface area contributed by atoms with E-state index in [1.807, 2.05) is 18.9 Å². The van der Waals surface area contributed by atoms with Crippen molar-refractivity contribution in [1.82, 2.24) is 14.9 Å². The number of carbonyl (C=O) groups is 1. The van der Waals surface area contributed by atoms with Crippen molar-refractivity contribution in [3.05, 3.63) is 33.3 Å². The van der Waals surface area contributed by atoms with Gasteiger partial charge in [-0.25, -0.2) is 14.4 Å². The van der Waals surface area contributed by atoms with E-state index in [2.05, 4.69) is 16.9 Å². The van der Waals surface area contributed by atoms with Crippen molar-refractivity contribution < 1.29 is 9.18 Å². The second kappa shape index (κ2) is 5.23. The second-order valence-corrected chi connectivity index (χ2v) is 8.04. The summed E-state index contributed by atoms with van der Waals surface area (Å²) in [6.45, 7) is 4.06. The van der Waals surface area contributed by atoms with Crippen LogP contribution in [0.25, 0.3) is 10.6 Å². The standard InChI is InChI=1S/C17H17ClFN3OS/c1-8-5-4-6-17(8)14-11(15(23)22(17)3)9(2)13(24-14)12-10(19)7-20-16(18)21-12/h7-8H,4-6H2,1-3H3. The van der Waals surface area contributed by atoms with E-state index in [0.29, 0.717) is 10.8 Å². The highest BCUT2D eigenvalue weighted by Gasteiger charge is 2.55. The van der Waals surface area contributed by atoms with Crippen molar-refractivity contribution in [2.24, 2.45) is 5.92 Å². The van der Waals surface area contributed by atoms with Crippen LogP contribution in [-0.2, 0) is 5.54 Å². The fraction of sp³-hybridized carbons (Fsp3) is 0.471. The molecule has 7 heteroatoms. The van der Waals surface area contributed by atoms with Crippen molar-refractivity contribution in [2.75, 3.05) is 7.05 Å². The highest BCUT2D eigenvalue weighted by Crippen LogP contribution is 2.57. The van der Waals surface area contributed by atoms with Gasteiger partial charge in [-0.2, -0.15) is 0 Å². The number of hydrogen-bond acceptors (Lipinski definition) is 4. The summed E-state index contributed by atoms with van der Waals surface area (Å²) in [4.78, 5) is 24.3. The van der Waals surface area contributed by atoms with Gasteiger partial charge in [0.15, 0.2) is 5.82 Å². The molecule has 2 unspecified atom stereocenters. The number of carbonyl (C=O) groups excluding carboxylic acids is 1. The zero-order chi connectivity index (χ0) is 17.2. The first-order valence-corrected chi connectivity index (χ1v) is 9.17. The largest absolute Gasteiger partial charge is 0.331 e. The number of fused-ring (bicyclic) bond motifs is 2. The first-order chi connectivity index (χ1) is 11.4. The number of hydrogen-bond donors (Lipinski definition) is 0. The van der Waals surface area contributed by atoms with E-state index in [1.165, 1.54) is 11.3 Å². The Bertz CT molecular complexity index is 868. The molecule has 1 aliphatic carbocycles. The van der Waals surface area contributed by atoms with E-state index < -0.39 is 5.82 Å². The Morgan fingerprint density at radius 3 is 2.92 bits per heavy atom. The van der Waals surface area contributed by atoms with Gasteiger partial charge in [0.2, 0.25) is 5.28 Å². The lowest BCUT2D eigenvalue weighted by atomic mass is 9.86. The van der Waals surface area contributed by atoms with Gasteiger partial charge in [0, 0.05) is 11.9 Å². The molecule has 2 aromatic heterocycles. The van der Waals surface area contributed by atoms with Gasteiger partial charge in [0.05, 0.1) is 22.2 Å². The van der Waals surface area contributed by atoms with Crippen LogP contribution >= 0.6 is 22.9 Å². The molecule has 1 aliphatic heterocycles. The minimum Gasteiger partial charge on any atom is -0.331 e. The van der Waals surface area contributed by atoms with E-state index in [9.17, 15) is 9.18 Å². The zero-order valence-electron chi connectivity index (χ0n) is 13.7. The third kappa shape index (κ3) is 1.87. The number of aromatic nitrogens is 2. The average Bonchev–Trinajstić information content (AvgIpc) is 3.15. The molecule has 4 rings (SSSR count). The summed E-state index contributed by atoms with van der Waals surface area (Å²) in [7, 11) is 1.89. The van der Waals surface area contributed by atoms with Crippen LogP contribution in [0.1, 0.15) is 47.0 Å². The third-order valence-electron chi connectivity index (χ3n) is 5.60. The molecule has 24 heavy (non-hydrogen) atoms. The summed E-state index contributed by atoms with van der Waals surface area (Å²) in [6, 6.07) is 0. The Morgan fingerprint density at radius 2 is 2.25 bits per heavy atom. The van der Waals surface area contributed by atoms with Gasteiger partial charge >= 0.3 is 0 Å². The van der Waals surface area contributed by atoms with Crippen molar-refractivity contribution in [3.63, 3.8) is 0 Å². The summed E-state index contributed by atoms with van der Waals surface area (Å²) >= 11 is 7.33. The Labute approximate surface area is 148 Å². The van der Waals surface area contributed by atoms with Crippen LogP contribution in [0, 0.1) is 18.7 Å². The molecular formula is C17H17ClFN3OS. The van der Waals surface area contributed by atoms with Crippen LogP contribution in [0.15, 0.2) is 6.20 Å². The Balaban J connectivity index is 1.96. The van der Waals surface area contributed by atoms with Crippen LogP contribution < -0.4 is 0 Å². The SMILES string of the molecule is Cc1c(-c2nc(Cl)ncc2F)sc2c1C(=O)N(C)C21CCCC1C. The van der Waals surface area contributed by atoms with Crippen LogP contribution in [0.5, 0.6) is 0 Å². The first-order valence-electron chi connectivity index (χ1n) is 7.98. The smallest absolute Gasteiger partial charge is 0.255 e. The van der Waals surface area contributed by atoms with E-state index >= 15 is 0 Å². The van der Waals surface area contributed by atoms with Crippen LogP contribution in [0.2, 0.25) is 5.28 Å². The van der Waals surface area contributed by atoms with Crippen molar-refractivity contribution >= 4 is 28.8 Å². The number of nitrogens with zero attached hydrogens (tertiary/aromatic N) is 3. The van der Waals surface area contributed by atoms with E-state index in [1.54, 1.807) is 0 Å². The van der Waals surface area contributed by atoms with Crippen LogP contribution in [0.3, 0.4) is 0 Å². The van der Waals surface area contributed by atoms with Crippen LogP contribution in [0.4, 0.5) is 4.39 Å². The maximum absolute atomic E-state index is 14.2. The fourth-order valence-electron chi connectivity index (χ4n) is 4.31. The Kier molecular flexibility index (Phi) is 3.48. The highest BCUT2D eigenvalue weighted by atomic mass is 35.5. The van der Waals surface area contributed by atoms with Gasteiger partial charge in [-0.15, -0.1) is 11.3 Å². The highest BCUT2D eigenvalue weighted by molar-refractivity contribution is 7.16. The molecule has 0 N–H and O–H groups in total. The predicted octanol–water partition coefficient (Wildman–Crippen LogP) is 4.41. The monoisotopic (exact) mass is 365 g/mol. The molecule has 1 spiro atoms. The van der Waals surface area contributed by atoms with Crippen molar-refractivity contribution in [2.45, 2.75) is 38.6 Å². The normalized spacial score (nSPS) is 25.8. The van der Waals surface area contributed by atoms with Gasteiger partial charge in [-0.3, -0.25) is 4.79 Å². The van der Waals surface area contributed by atoms with Crippen LogP contribution in [-0.4, -0.2) is 27.8 Å². The number of thiophene rings is 1. The molecule has 2 atom stereocenters. The molecule has 126 valence electrons. The minimum absolute atomic E-state index is 0.00625. The fourth-order valence-corrected chi connectivity index (χ4v) is 6.10. The number of rotatable bonds is 1. The lowest BCUT2D eigenvalue weighted by Crippen LogP contribution is -2.42. The third-order valence-corrected chi connectivity index (χ3v) is 7.24. The molecule has 3 heterocycles. The van der Waals surface area contributed by atoms with E-state index in [-0.39, 0.29) is 22.4 Å². The summed E-state index contributed by atoms with van der Waals surface area (Å²) in [5, 5.41) is 0.00625. The average molecular weight is 366 g/mol. The van der Waals surface area contributed by atoms with Gasteiger partial charge in [0.25, 0.3) is 5.91 Å². The molecule has 0 bridgehead atoms. The molecule has 1 amide bonds. The maximum Gasteiger partial charge on any atom is 0.255 e. The molecule has 1 saturated carbocycles. The van der Waals surface area contributed by atoms with Crippen molar-refractivity contribution in [3.8, 4) is 10.6 Å². The summed E-state index contributed by atoms with van der Waals surface area (Å²) in [6.07, 6.45) is 4.22. The quantitative estimate of drug-likeness (QED) is 0.703. The molecule has 0 saturated heterocycles. The molecule has 0 aromatic carbocycles. The molecular weight excluding hydrogens is 349 g/mol. The van der Waals surface area contributed by atoms with Gasteiger partial charge in [0.1, 0.15) is 5.69 Å². The van der Waals surface area contributed by atoms with E-state index in [4.69, 9.17) is 11.6 Å². The number of halogens is 2. The number of amides is 1. The maximum atomic E-state index is 14.2. The predicted molar refractivity (Wildman–Crippen MR) is 91.8 cm³/mol. The molecule has 2 aromatic rings. The van der Waals surface area contributed by atoms with Gasteiger partial charge < -0.3 is 4.90 Å². The van der Waals surface area contributed by atoms with Gasteiger partial charge in [-0.1, -0.05) is 13.3 Å². The molecule has 2 aliphatic rings. The lowest BCUT2D eigenvalue weighted by Gasteiger charge is -2.36. The molecule has 0 radical (unpaired) electrons. The van der Waals surface area contributed by atoms with Gasteiger partial charge in [-0.05, 0) is 42.8 Å². The summed E-state index contributed by atoms with van der Waals surface area (Å²) < 4.78 is 14.2. The summed E-state index contributed by atoms with van der Waals surface area (Å²) in [5.41, 5.74) is 1.44. The Hall–Kier alpha value is -1.53. The molecule has 1 fully saturated rings. The molecule has 4 nitrogen and oxygen atoms in total. The summed E-state index contributed by atoms with van der Waals surface area (Å²) in [5.74, 6) is -0.103. The van der Waals surface area contributed by atoms with Crippen molar-refractivity contribution in [1.29, 1.82) is 0 Å². The first kappa shape index (κ1) is 16.0. The Morgan fingerprint density at radius 1 is 1.50 bits per heavy atom. The second-order valence-electron chi connectivity index (χ2n) is 6.68. The minimum atomic E-state index is -0.517. The lowest BCUT2D eigenvalue weighted by molar-refractivity contribution is 0.0557. The zero-order valence-corrected chi connectivity index (χ0v) is 15.3. The topological polar surface area (TPSA) is 46.1 Å².